The summed E-state index contributed by atoms with van der Waals surface area (Å²) < 4.78 is 51.6. The van der Waals surface area contributed by atoms with Gasteiger partial charge in [0.25, 0.3) is 5.91 Å². The molecule has 0 unspecified atom stereocenters. The molecule has 0 saturated carbocycles. The largest absolute Gasteiger partial charge is 0.495 e. The van der Waals surface area contributed by atoms with Crippen molar-refractivity contribution in [3.05, 3.63) is 50.4 Å². The van der Waals surface area contributed by atoms with Gasteiger partial charge in [0.1, 0.15) is 5.75 Å². The zero-order valence-electron chi connectivity index (χ0n) is 16.7. The van der Waals surface area contributed by atoms with Gasteiger partial charge in [-0.2, -0.15) is 13.2 Å². The number of benzene rings is 2. The molecule has 1 heterocycles. The molecule has 1 saturated heterocycles. The fourth-order valence-electron chi connectivity index (χ4n) is 3.15. The molecule has 172 valence electrons. The number of anilines is 2. The molecule has 0 atom stereocenters. The number of rotatable bonds is 4. The number of methoxy groups -OCH3 is 1. The van der Waals surface area contributed by atoms with Crippen LogP contribution in [-0.2, 0) is 10.9 Å². The molecule has 1 fully saturated rings. The van der Waals surface area contributed by atoms with Crippen LogP contribution in [0.25, 0.3) is 0 Å². The fourth-order valence-corrected chi connectivity index (χ4v) is 4.74. The molecule has 1 amide bonds. The number of nitrogens with zero attached hydrogens (tertiary/aromatic N) is 1. The molecule has 0 aromatic heterocycles. The van der Waals surface area contributed by atoms with Gasteiger partial charge in [-0.15, -0.1) is 0 Å². The van der Waals surface area contributed by atoms with Crippen LogP contribution in [0.15, 0.2) is 39.3 Å². The zero-order valence-corrected chi connectivity index (χ0v) is 20.7. The summed E-state index contributed by atoms with van der Waals surface area (Å²) in [5, 5.41) is 5.09. The number of carbonyl (C=O) groups is 1. The van der Waals surface area contributed by atoms with Crippen molar-refractivity contribution in [3.63, 3.8) is 0 Å². The van der Waals surface area contributed by atoms with Crippen molar-refractivity contribution in [1.82, 2.24) is 5.32 Å². The van der Waals surface area contributed by atoms with Gasteiger partial charge < -0.3 is 19.7 Å². The Morgan fingerprint density at radius 2 is 1.88 bits per heavy atom. The topological polar surface area (TPSA) is 62.8 Å². The predicted octanol–water partition coefficient (Wildman–Crippen LogP) is 5.20. The van der Waals surface area contributed by atoms with E-state index in [1.165, 1.54) is 13.2 Å². The van der Waals surface area contributed by atoms with Crippen LogP contribution in [0.4, 0.5) is 24.5 Å². The number of hydrogen-bond donors (Lipinski definition) is 2. The minimum absolute atomic E-state index is 0.134. The van der Waals surface area contributed by atoms with Crippen molar-refractivity contribution in [2.75, 3.05) is 43.6 Å². The van der Waals surface area contributed by atoms with E-state index in [1.54, 1.807) is 12.1 Å². The summed E-state index contributed by atoms with van der Waals surface area (Å²) in [6.07, 6.45) is -4.53. The standard InChI is InChI=1S/C20H18Br2F3N3O3S/c1-30-17-13(9-12(21)10-14(17)22)18(29)27-19(32)26-15-8-11(20(23,24)25)2-3-16(15)28-4-6-31-7-5-28/h2-3,8-10H,4-7H2,1H3,(H2,26,27,29,32). The first-order valence-electron chi connectivity index (χ1n) is 9.29. The van der Waals surface area contributed by atoms with Gasteiger partial charge in [-0.05, 0) is 58.5 Å². The van der Waals surface area contributed by atoms with Crippen LogP contribution in [0.2, 0.25) is 0 Å². The van der Waals surface area contributed by atoms with Gasteiger partial charge in [0, 0.05) is 17.6 Å². The molecule has 1 aliphatic rings. The molecule has 0 radical (unpaired) electrons. The average Bonchev–Trinajstić information content (AvgIpc) is 2.73. The smallest absolute Gasteiger partial charge is 0.416 e. The summed E-state index contributed by atoms with van der Waals surface area (Å²) in [7, 11) is 1.42. The highest BCUT2D eigenvalue weighted by molar-refractivity contribution is 9.11. The van der Waals surface area contributed by atoms with Gasteiger partial charge in [-0.3, -0.25) is 10.1 Å². The molecule has 6 nitrogen and oxygen atoms in total. The Morgan fingerprint density at radius 1 is 1.19 bits per heavy atom. The summed E-state index contributed by atoms with van der Waals surface area (Å²) >= 11 is 11.9. The minimum Gasteiger partial charge on any atom is -0.495 e. The van der Waals surface area contributed by atoms with Crippen LogP contribution in [0, 0.1) is 0 Å². The molecule has 3 rings (SSSR count). The molecular formula is C20H18Br2F3N3O3S. The molecule has 32 heavy (non-hydrogen) atoms. The lowest BCUT2D eigenvalue weighted by molar-refractivity contribution is -0.137. The lowest BCUT2D eigenvalue weighted by Crippen LogP contribution is -2.38. The number of carbonyl (C=O) groups excluding carboxylic acids is 1. The van der Waals surface area contributed by atoms with E-state index in [9.17, 15) is 18.0 Å². The van der Waals surface area contributed by atoms with Gasteiger partial charge in [-0.1, -0.05) is 15.9 Å². The Balaban J connectivity index is 1.85. The van der Waals surface area contributed by atoms with Crippen molar-refractivity contribution in [1.29, 1.82) is 0 Å². The second-order valence-corrected chi connectivity index (χ2v) is 8.88. The number of ether oxygens (including phenoxy) is 2. The van der Waals surface area contributed by atoms with Gasteiger partial charge in [0.2, 0.25) is 0 Å². The monoisotopic (exact) mass is 595 g/mol. The summed E-state index contributed by atoms with van der Waals surface area (Å²) in [6, 6.07) is 6.63. The summed E-state index contributed by atoms with van der Waals surface area (Å²) in [6.45, 7) is 1.95. The number of amides is 1. The van der Waals surface area contributed by atoms with Crippen molar-refractivity contribution in [2.45, 2.75) is 6.18 Å². The van der Waals surface area contributed by atoms with Crippen LogP contribution in [-0.4, -0.2) is 44.4 Å². The van der Waals surface area contributed by atoms with E-state index in [-0.39, 0.29) is 16.4 Å². The third-order valence-corrected chi connectivity index (χ3v) is 5.86. The maximum atomic E-state index is 13.3. The molecule has 2 N–H and O–H groups in total. The Kier molecular flexibility index (Phi) is 8.01. The van der Waals surface area contributed by atoms with Crippen LogP contribution in [0.1, 0.15) is 15.9 Å². The first kappa shape index (κ1) is 24.7. The Labute approximate surface area is 204 Å². The van der Waals surface area contributed by atoms with Crippen molar-refractivity contribution < 1.29 is 27.4 Å². The number of morpholine rings is 1. The second kappa shape index (κ2) is 10.4. The maximum absolute atomic E-state index is 13.3. The number of alkyl halides is 3. The number of hydrogen-bond acceptors (Lipinski definition) is 5. The highest BCUT2D eigenvalue weighted by Gasteiger charge is 2.32. The quantitative estimate of drug-likeness (QED) is 0.473. The fraction of sp³-hybridized carbons (Fsp3) is 0.300. The lowest BCUT2D eigenvalue weighted by Gasteiger charge is -2.31. The van der Waals surface area contributed by atoms with Crippen molar-refractivity contribution >= 4 is 66.5 Å². The number of nitrogens with one attached hydrogen (secondary N) is 2. The molecule has 0 aliphatic carbocycles. The van der Waals surface area contributed by atoms with Gasteiger partial charge in [0.05, 0.1) is 47.3 Å². The third-order valence-electron chi connectivity index (χ3n) is 4.61. The van der Waals surface area contributed by atoms with Crippen LogP contribution >= 0.6 is 44.1 Å². The molecule has 1 aliphatic heterocycles. The highest BCUT2D eigenvalue weighted by atomic mass is 79.9. The van der Waals surface area contributed by atoms with Gasteiger partial charge in [-0.25, -0.2) is 0 Å². The predicted molar refractivity (Wildman–Crippen MR) is 127 cm³/mol. The number of halogens is 5. The Bertz CT molecular complexity index is 1030. The second-order valence-electron chi connectivity index (χ2n) is 6.71. The zero-order chi connectivity index (χ0) is 23.5. The minimum atomic E-state index is -4.53. The average molecular weight is 597 g/mol. The van der Waals surface area contributed by atoms with Crippen LogP contribution in [0.5, 0.6) is 5.75 Å². The SMILES string of the molecule is COc1c(Br)cc(Br)cc1C(=O)NC(=S)Nc1cc(C(F)(F)F)ccc1N1CCOCC1. The number of thiocarbonyl (C=S) groups is 1. The lowest BCUT2D eigenvalue weighted by atomic mass is 10.1. The summed E-state index contributed by atoms with van der Waals surface area (Å²) in [5.74, 6) is -0.289. The Morgan fingerprint density at radius 3 is 2.50 bits per heavy atom. The van der Waals surface area contributed by atoms with Crippen LogP contribution in [0.3, 0.4) is 0 Å². The van der Waals surface area contributed by atoms with E-state index in [0.29, 0.717) is 46.7 Å². The van der Waals surface area contributed by atoms with Gasteiger partial charge in [0.15, 0.2) is 5.11 Å². The normalized spacial score (nSPS) is 14.1. The highest BCUT2D eigenvalue weighted by Crippen LogP contribution is 2.36. The maximum Gasteiger partial charge on any atom is 0.416 e. The summed E-state index contributed by atoms with van der Waals surface area (Å²) in [5.41, 5.74) is 0.0224. The van der Waals surface area contributed by atoms with E-state index >= 15 is 0 Å². The van der Waals surface area contributed by atoms with Crippen LogP contribution < -0.4 is 20.3 Å². The van der Waals surface area contributed by atoms with Crippen molar-refractivity contribution in [3.8, 4) is 5.75 Å². The molecule has 12 heteroatoms. The molecular weight excluding hydrogens is 579 g/mol. The van der Waals surface area contributed by atoms with Gasteiger partial charge >= 0.3 is 6.18 Å². The Hall–Kier alpha value is -1.89. The molecule has 2 aromatic rings. The van der Waals surface area contributed by atoms with E-state index < -0.39 is 17.6 Å². The summed E-state index contributed by atoms with van der Waals surface area (Å²) in [4.78, 5) is 14.7. The first-order chi connectivity index (χ1) is 15.1. The van der Waals surface area contributed by atoms with E-state index in [2.05, 4.69) is 42.5 Å². The third kappa shape index (κ3) is 5.91. The molecule has 0 spiro atoms. The van der Waals surface area contributed by atoms with E-state index in [1.807, 2.05) is 4.90 Å². The molecule has 2 aromatic carbocycles. The van der Waals surface area contributed by atoms with Crippen molar-refractivity contribution in [2.24, 2.45) is 0 Å². The molecule has 0 bridgehead atoms. The van der Waals surface area contributed by atoms with E-state index in [0.717, 1.165) is 12.1 Å². The first-order valence-corrected chi connectivity index (χ1v) is 11.3. The van der Waals surface area contributed by atoms with E-state index in [4.69, 9.17) is 21.7 Å².